The molecule has 0 fully saturated rings. The molecule has 2 nitrogen and oxygen atoms in total. The Kier molecular flexibility index (Phi) is 5.69. The molecule has 7 aromatic rings. The minimum absolute atomic E-state index is 0.511. The van der Waals surface area contributed by atoms with Crippen LogP contribution in [0, 0.1) is 0 Å². The van der Waals surface area contributed by atoms with Crippen LogP contribution in [0.2, 0.25) is 0 Å². The second-order valence-electron chi connectivity index (χ2n) is 11.3. The maximum Gasteiger partial charge on any atom is 0.160 e. The molecule has 3 heteroatoms. The summed E-state index contributed by atoms with van der Waals surface area (Å²) in [4.78, 5) is 13.0. The SMILES string of the molecule is C1=Cc2ccc(-c3nc(-c4ccccc4)c4ccccc4n3)cc2C2(c3ccccc31)c1ccccc1Sc1ccccc12. The van der Waals surface area contributed by atoms with Gasteiger partial charge in [0.05, 0.1) is 16.6 Å². The normalized spacial score (nSPS) is 13.9. The van der Waals surface area contributed by atoms with Gasteiger partial charge in [0.25, 0.3) is 0 Å². The Morgan fingerprint density at radius 1 is 0.455 bits per heavy atom. The molecule has 1 spiro atoms. The van der Waals surface area contributed by atoms with E-state index in [-0.39, 0.29) is 0 Å². The molecular weight excluding hydrogens is 553 g/mol. The molecule has 0 saturated heterocycles. The number of hydrogen-bond donors (Lipinski definition) is 0. The smallest absolute Gasteiger partial charge is 0.160 e. The van der Waals surface area contributed by atoms with Gasteiger partial charge in [-0.1, -0.05) is 145 Å². The first-order chi connectivity index (χ1) is 21.8. The Bertz CT molecular complexity index is 2220. The second kappa shape index (κ2) is 9.90. The van der Waals surface area contributed by atoms with Crippen molar-refractivity contribution >= 4 is 34.8 Å². The number of benzene rings is 6. The molecule has 6 aromatic carbocycles. The van der Waals surface area contributed by atoms with Crippen LogP contribution in [0.15, 0.2) is 155 Å². The van der Waals surface area contributed by atoms with E-state index in [1.165, 1.54) is 43.2 Å². The van der Waals surface area contributed by atoms with Gasteiger partial charge in [-0.2, -0.15) is 0 Å². The molecule has 0 amide bonds. The summed E-state index contributed by atoms with van der Waals surface area (Å²) in [6, 6.07) is 52.2. The number of fused-ring (bicyclic) bond motifs is 9. The predicted molar refractivity (Wildman–Crippen MR) is 182 cm³/mol. The summed E-state index contributed by atoms with van der Waals surface area (Å²) < 4.78 is 0. The zero-order valence-corrected chi connectivity index (χ0v) is 24.6. The lowest BCUT2D eigenvalue weighted by atomic mass is 9.63. The highest BCUT2D eigenvalue weighted by atomic mass is 32.2. The van der Waals surface area contributed by atoms with Crippen LogP contribution in [0.4, 0.5) is 0 Å². The van der Waals surface area contributed by atoms with Crippen LogP contribution in [0.5, 0.6) is 0 Å². The molecule has 0 saturated carbocycles. The van der Waals surface area contributed by atoms with E-state index in [0.29, 0.717) is 0 Å². The van der Waals surface area contributed by atoms with Gasteiger partial charge in [-0.3, -0.25) is 0 Å². The molecule has 0 unspecified atom stereocenters. The largest absolute Gasteiger partial charge is 0.228 e. The molecular formula is C41H26N2S. The first kappa shape index (κ1) is 25.3. The van der Waals surface area contributed by atoms with Gasteiger partial charge < -0.3 is 0 Å². The van der Waals surface area contributed by atoms with Gasteiger partial charge >= 0.3 is 0 Å². The van der Waals surface area contributed by atoms with Crippen LogP contribution in [0.1, 0.15) is 33.4 Å². The van der Waals surface area contributed by atoms with E-state index >= 15 is 0 Å². The Balaban J connectivity index is 1.38. The number of para-hydroxylation sites is 1. The summed E-state index contributed by atoms with van der Waals surface area (Å²) in [5.41, 5.74) is 11.1. The first-order valence-corrected chi connectivity index (χ1v) is 15.7. The second-order valence-corrected chi connectivity index (χ2v) is 12.4. The van der Waals surface area contributed by atoms with E-state index in [2.05, 4.69) is 152 Å². The lowest BCUT2D eigenvalue weighted by Crippen LogP contribution is -2.35. The maximum atomic E-state index is 5.25. The fraction of sp³-hybridized carbons (Fsp3) is 0.0244. The highest BCUT2D eigenvalue weighted by molar-refractivity contribution is 7.99. The molecule has 2 heterocycles. The highest BCUT2D eigenvalue weighted by Crippen LogP contribution is 2.58. The Morgan fingerprint density at radius 2 is 1.07 bits per heavy atom. The summed E-state index contributed by atoms with van der Waals surface area (Å²) in [5, 5.41) is 1.05. The number of aromatic nitrogens is 2. The van der Waals surface area contributed by atoms with Gasteiger partial charge in [0.15, 0.2) is 5.82 Å². The van der Waals surface area contributed by atoms with E-state index in [1.807, 2.05) is 17.8 Å². The van der Waals surface area contributed by atoms with Crippen LogP contribution in [-0.2, 0) is 5.41 Å². The molecule has 1 aliphatic carbocycles. The van der Waals surface area contributed by atoms with E-state index in [4.69, 9.17) is 9.97 Å². The highest BCUT2D eigenvalue weighted by Gasteiger charge is 2.46. The minimum atomic E-state index is -0.511. The number of rotatable bonds is 2. The van der Waals surface area contributed by atoms with Crippen LogP contribution >= 0.6 is 11.8 Å². The molecule has 206 valence electrons. The molecule has 0 N–H and O–H groups in total. The lowest BCUT2D eigenvalue weighted by molar-refractivity contribution is 0.701. The quantitative estimate of drug-likeness (QED) is 0.204. The van der Waals surface area contributed by atoms with Crippen molar-refractivity contribution in [3.63, 3.8) is 0 Å². The third-order valence-corrected chi connectivity index (χ3v) is 10.1. The van der Waals surface area contributed by atoms with Crippen molar-refractivity contribution in [1.29, 1.82) is 0 Å². The fourth-order valence-corrected chi connectivity index (χ4v) is 8.26. The molecule has 0 radical (unpaired) electrons. The zero-order chi connectivity index (χ0) is 29.1. The Hall–Kier alpha value is -5.25. The van der Waals surface area contributed by atoms with Crippen molar-refractivity contribution in [2.75, 3.05) is 0 Å². The van der Waals surface area contributed by atoms with E-state index < -0.39 is 5.41 Å². The molecule has 2 aliphatic rings. The summed E-state index contributed by atoms with van der Waals surface area (Å²) in [6.07, 6.45) is 4.55. The lowest BCUT2D eigenvalue weighted by Gasteiger charge is -2.42. The van der Waals surface area contributed by atoms with Crippen LogP contribution in [0.25, 0.3) is 45.7 Å². The fourth-order valence-electron chi connectivity index (χ4n) is 7.07. The Labute approximate surface area is 260 Å². The Morgan fingerprint density at radius 3 is 1.84 bits per heavy atom. The van der Waals surface area contributed by atoms with Crippen molar-refractivity contribution in [2.45, 2.75) is 15.2 Å². The summed E-state index contributed by atoms with van der Waals surface area (Å²) in [7, 11) is 0. The van der Waals surface area contributed by atoms with E-state index in [0.717, 1.165) is 33.5 Å². The van der Waals surface area contributed by atoms with Crippen LogP contribution in [0.3, 0.4) is 0 Å². The molecule has 0 atom stereocenters. The van der Waals surface area contributed by atoms with Crippen LogP contribution < -0.4 is 0 Å². The van der Waals surface area contributed by atoms with Crippen molar-refractivity contribution in [1.82, 2.24) is 9.97 Å². The zero-order valence-electron chi connectivity index (χ0n) is 23.8. The molecule has 44 heavy (non-hydrogen) atoms. The average molecular weight is 579 g/mol. The average Bonchev–Trinajstić information content (AvgIpc) is 3.23. The summed E-state index contributed by atoms with van der Waals surface area (Å²) in [5.74, 6) is 0.730. The van der Waals surface area contributed by atoms with Gasteiger partial charge in [-0.05, 0) is 57.6 Å². The molecule has 1 aromatic heterocycles. The maximum absolute atomic E-state index is 5.25. The van der Waals surface area contributed by atoms with Gasteiger partial charge in [0, 0.05) is 26.3 Å². The van der Waals surface area contributed by atoms with Gasteiger partial charge in [0.1, 0.15) is 0 Å². The summed E-state index contributed by atoms with van der Waals surface area (Å²) in [6.45, 7) is 0. The first-order valence-electron chi connectivity index (χ1n) is 14.9. The standard InChI is InChI=1S/C41H26N2S/c1-2-13-29(14-3-1)39-31-15-5-9-19-36(31)42-40(43-39)30-25-24-28-23-22-27-12-4-6-16-32(27)41(35(28)26-30)33-17-7-10-20-37(33)44-38-21-11-8-18-34(38)41/h1-26H. The minimum Gasteiger partial charge on any atom is -0.228 e. The number of nitrogens with zero attached hydrogens (tertiary/aromatic N) is 2. The third kappa shape index (κ3) is 3.69. The van der Waals surface area contributed by atoms with Crippen molar-refractivity contribution in [3.05, 3.63) is 179 Å². The van der Waals surface area contributed by atoms with Gasteiger partial charge in [-0.15, -0.1) is 0 Å². The molecule has 9 rings (SSSR count). The monoisotopic (exact) mass is 578 g/mol. The topological polar surface area (TPSA) is 25.8 Å². The van der Waals surface area contributed by atoms with Crippen molar-refractivity contribution < 1.29 is 0 Å². The van der Waals surface area contributed by atoms with E-state index in [1.54, 1.807) is 0 Å². The predicted octanol–water partition coefficient (Wildman–Crippen LogP) is 10.3. The van der Waals surface area contributed by atoms with Crippen molar-refractivity contribution in [2.24, 2.45) is 0 Å². The van der Waals surface area contributed by atoms with Crippen LogP contribution in [-0.4, -0.2) is 9.97 Å². The molecule has 1 aliphatic heterocycles. The number of hydrogen-bond acceptors (Lipinski definition) is 3. The molecule has 0 bridgehead atoms. The summed E-state index contributed by atoms with van der Waals surface area (Å²) >= 11 is 1.86. The third-order valence-electron chi connectivity index (χ3n) is 8.98. The van der Waals surface area contributed by atoms with Crippen molar-refractivity contribution in [3.8, 4) is 22.6 Å². The van der Waals surface area contributed by atoms with E-state index in [9.17, 15) is 0 Å². The van der Waals surface area contributed by atoms with Gasteiger partial charge in [-0.25, -0.2) is 9.97 Å². The van der Waals surface area contributed by atoms with Gasteiger partial charge in [0.2, 0.25) is 0 Å².